The molecule has 0 radical (unpaired) electrons. The van der Waals surface area contributed by atoms with Crippen molar-refractivity contribution in [1.29, 1.82) is 0 Å². The molecule has 0 aliphatic rings. The first-order valence-corrected chi connectivity index (χ1v) is 8.48. The first-order valence-electron chi connectivity index (χ1n) is 8.48. The number of hydrogen-bond donors (Lipinski definition) is 3. The number of nitrogens with one attached hydrogen (secondary N) is 2. The molecule has 1 amide bonds. The Labute approximate surface area is 159 Å². The SMILES string of the molecule is CC(=O)NC(C)(C)c1nc(-c2ncc(Cc3ccc(F)cc3)o2)c(O)c(=O)[nH]1. The molecule has 8 nitrogen and oxygen atoms in total. The second kappa shape index (κ2) is 7.26. The van der Waals surface area contributed by atoms with Gasteiger partial charge in [-0.3, -0.25) is 9.59 Å². The van der Waals surface area contributed by atoms with Crippen molar-refractivity contribution in [2.45, 2.75) is 32.7 Å². The summed E-state index contributed by atoms with van der Waals surface area (Å²) < 4.78 is 18.6. The van der Waals surface area contributed by atoms with Crippen molar-refractivity contribution in [1.82, 2.24) is 20.3 Å². The maximum Gasteiger partial charge on any atom is 0.294 e. The molecule has 0 unspecified atom stereocenters. The zero-order valence-corrected chi connectivity index (χ0v) is 15.5. The molecule has 1 aromatic carbocycles. The van der Waals surface area contributed by atoms with Gasteiger partial charge in [-0.25, -0.2) is 14.4 Å². The molecule has 0 saturated heterocycles. The molecule has 28 heavy (non-hydrogen) atoms. The summed E-state index contributed by atoms with van der Waals surface area (Å²) in [5.74, 6) is -0.739. The molecular weight excluding hydrogens is 367 g/mol. The van der Waals surface area contributed by atoms with Gasteiger partial charge in [0.15, 0.2) is 5.69 Å². The minimum Gasteiger partial charge on any atom is -0.501 e. The van der Waals surface area contributed by atoms with Crippen molar-refractivity contribution < 1.29 is 18.7 Å². The summed E-state index contributed by atoms with van der Waals surface area (Å²) in [6.45, 7) is 4.66. The van der Waals surface area contributed by atoms with Crippen LogP contribution in [-0.4, -0.2) is 26.0 Å². The van der Waals surface area contributed by atoms with Crippen molar-refractivity contribution in [2.75, 3.05) is 0 Å². The summed E-state index contributed by atoms with van der Waals surface area (Å²) >= 11 is 0. The third kappa shape index (κ3) is 4.08. The van der Waals surface area contributed by atoms with E-state index in [2.05, 4.69) is 20.3 Å². The van der Waals surface area contributed by atoms with Gasteiger partial charge in [0.25, 0.3) is 5.56 Å². The quantitative estimate of drug-likeness (QED) is 0.618. The molecule has 3 rings (SSSR count). The number of carbonyl (C=O) groups is 1. The number of rotatable bonds is 5. The number of aromatic hydroxyl groups is 1. The van der Waals surface area contributed by atoms with E-state index in [0.717, 1.165) is 5.56 Å². The number of halogens is 1. The average Bonchev–Trinajstić information content (AvgIpc) is 3.06. The zero-order valence-electron chi connectivity index (χ0n) is 15.5. The maximum atomic E-state index is 13.0. The standard InChI is InChI=1S/C19H19FN4O4/c1-10(25)24-19(2,3)18-22-14(15(26)16(27)23-18)17-21-9-13(28-17)8-11-4-6-12(20)7-5-11/h4-7,9,26H,8H2,1-3H3,(H,24,25)(H,22,23,27). The Bertz CT molecular complexity index is 1070. The Morgan fingerprint density at radius 3 is 2.64 bits per heavy atom. The largest absolute Gasteiger partial charge is 0.501 e. The van der Waals surface area contributed by atoms with E-state index in [1.807, 2.05) is 0 Å². The van der Waals surface area contributed by atoms with Crippen LogP contribution in [0.25, 0.3) is 11.6 Å². The predicted molar refractivity (Wildman–Crippen MR) is 98.1 cm³/mol. The Morgan fingerprint density at radius 2 is 2.00 bits per heavy atom. The van der Waals surface area contributed by atoms with Crippen LogP contribution >= 0.6 is 0 Å². The van der Waals surface area contributed by atoms with Gasteiger partial charge in [-0.1, -0.05) is 12.1 Å². The molecule has 2 heterocycles. The highest BCUT2D eigenvalue weighted by Crippen LogP contribution is 2.26. The molecule has 0 aliphatic heterocycles. The van der Waals surface area contributed by atoms with Gasteiger partial charge in [-0.05, 0) is 31.5 Å². The van der Waals surface area contributed by atoms with E-state index in [4.69, 9.17) is 4.42 Å². The van der Waals surface area contributed by atoms with Gasteiger partial charge in [0, 0.05) is 13.3 Å². The van der Waals surface area contributed by atoms with Crippen LogP contribution in [0.4, 0.5) is 4.39 Å². The third-order valence-electron chi connectivity index (χ3n) is 4.02. The van der Waals surface area contributed by atoms with Crippen LogP contribution in [0.2, 0.25) is 0 Å². The number of oxazole rings is 1. The smallest absolute Gasteiger partial charge is 0.294 e. The van der Waals surface area contributed by atoms with Gasteiger partial charge in [-0.2, -0.15) is 0 Å². The first-order chi connectivity index (χ1) is 13.2. The van der Waals surface area contributed by atoms with Crippen LogP contribution in [-0.2, 0) is 16.8 Å². The summed E-state index contributed by atoms with van der Waals surface area (Å²) in [7, 11) is 0. The van der Waals surface area contributed by atoms with E-state index in [9.17, 15) is 19.1 Å². The fourth-order valence-electron chi connectivity index (χ4n) is 2.71. The van der Waals surface area contributed by atoms with E-state index in [0.29, 0.717) is 12.2 Å². The van der Waals surface area contributed by atoms with Gasteiger partial charge in [0.2, 0.25) is 17.5 Å². The Morgan fingerprint density at radius 1 is 1.32 bits per heavy atom. The molecule has 0 spiro atoms. The minimum absolute atomic E-state index is 0.0411. The zero-order chi connectivity index (χ0) is 20.5. The Hall–Kier alpha value is -3.49. The van der Waals surface area contributed by atoms with Gasteiger partial charge < -0.3 is 19.8 Å². The molecule has 9 heteroatoms. The van der Waals surface area contributed by atoms with Gasteiger partial charge in [-0.15, -0.1) is 0 Å². The number of nitrogens with zero attached hydrogens (tertiary/aromatic N) is 2. The molecule has 3 aromatic rings. The average molecular weight is 386 g/mol. The fraction of sp³-hybridized carbons (Fsp3) is 0.263. The number of H-pyrrole nitrogens is 1. The minimum atomic E-state index is -0.989. The fourth-order valence-corrected chi connectivity index (χ4v) is 2.71. The van der Waals surface area contributed by atoms with Gasteiger partial charge >= 0.3 is 0 Å². The van der Waals surface area contributed by atoms with Crippen LogP contribution in [0.1, 0.15) is 37.9 Å². The topological polar surface area (TPSA) is 121 Å². The summed E-state index contributed by atoms with van der Waals surface area (Å²) in [5.41, 5.74) is -1.10. The van der Waals surface area contributed by atoms with E-state index in [1.54, 1.807) is 26.0 Å². The summed E-state index contributed by atoms with van der Waals surface area (Å²) in [6.07, 6.45) is 1.79. The van der Waals surface area contributed by atoms with E-state index >= 15 is 0 Å². The van der Waals surface area contributed by atoms with Crippen molar-refractivity contribution in [2.24, 2.45) is 0 Å². The van der Waals surface area contributed by atoms with Crippen LogP contribution < -0.4 is 10.9 Å². The lowest BCUT2D eigenvalue weighted by molar-refractivity contribution is -0.120. The van der Waals surface area contributed by atoms with Crippen molar-refractivity contribution in [3.8, 4) is 17.3 Å². The molecule has 2 aromatic heterocycles. The molecule has 3 N–H and O–H groups in total. The monoisotopic (exact) mass is 386 g/mol. The molecular formula is C19H19FN4O4. The van der Waals surface area contributed by atoms with Crippen LogP contribution in [0.3, 0.4) is 0 Å². The van der Waals surface area contributed by atoms with Crippen molar-refractivity contribution >= 4 is 5.91 Å². The van der Waals surface area contributed by atoms with Gasteiger partial charge in [0.05, 0.1) is 11.7 Å². The lowest BCUT2D eigenvalue weighted by Gasteiger charge is -2.24. The second-order valence-corrected chi connectivity index (χ2v) is 6.85. The lowest BCUT2D eigenvalue weighted by Crippen LogP contribution is -2.42. The van der Waals surface area contributed by atoms with E-state index in [-0.39, 0.29) is 29.1 Å². The van der Waals surface area contributed by atoms with Crippen molar-refractivity contribution in [3.05, 3.63) is 63.8 Å². The number of amides is 1. The number of carbonyl (C=O) groups excluding carboxylic acids is 1. The van der Waals surface area contributed by atoms with Crippen LogP contribution in [0, 0.1) is 5.82 Å². The third-order valence-corrected chi connectivity index (χ3v) is 4.02. The van der Waals surface area contributed by atoms with Crippen molar-refractivity contribution in [3.63, 3.8) is 0 Å². The number of benzene rings is 1. The molecule has 0 fully saturated rings. The first kappa shape index (κ1) is 19.3. The number of aromatic nitrogens is 3. The number of hydrogen-bond acceptors (Lipinski definition) is 6. The Kier molecular flexibility index (Phi) is 5.00. The van der Waals surface area contributed by atoms with E-state index < -0.39 is 16.8 Å². The highest BCUT2D eigenvalue weighted by atomic mass is 19.1. The van der Waals surface area contributed by atoms with E-state index in [1.165, 1.54) is 25.3 Å². The Balaban J connectivity index is 1.95. The van der Waals surface area contributed by atoms with Crippen LogP contribution in [0.15, 0.2) is 39.7 Å². The molecule has 146 valence electrons. The van der Waals surface area contributed by atoms with Crippen LogP contribution in [0.5, 0.6) is 5.75 Å². The lowest BCUT2D eigenvalue weighted by atomic mass is 10.0. The molecule has 0 atom stereocenters. The van der Waals surface area contributed by atoms with Gasteiger partial charge in [0.1, 0.15) is 17.4 Å². The number of aromatic amines is 1. The normalized spacial score (nSPS) is 11.4. The summed E-state index contributed by atoms with van der Waals surface area (Å²) in [4.78, 5) is 34.3. The summed E-state index contributed by atoms with van der Waals surface area (Å²) in [5, 5.41) is 12.8. The molecule has 0 aliphatic carbocycles. The highest BCUT2D eigenvalue weighted by molar-refractivity contribution is 5.73. The molecule has 0 saturated carbocycles. The predicted octanol–water partition coefficient (Wildman–Crippen LogP) is 2.23. The maximum absolute atomic E-state index is 13.0. The summed E-state index contributed by atoms with van der Waals surface area (Å²) in [6, 6.07) is 5.92. The second-order valence-electron chi connectivity index (χ2n) is 6.85. The highest BCUT2D eigenvalue weighted by Gasteiger charge is 2.28. The molecule has 0 bridgehead atoms.